The summed E-state index contributed by atoms with van der Waals surface area (Å²) in [6.45, 7) is 4.84. The van der Waals surface area contributed by atoms with Crippen molar-refractivity contribution in [2.24, 2.45) is 0 Å². The molecule has 0 saturated heterocycles. The first-order valence-corrected chi connectivity index (χ1v) is 11.3. The first kappa shape index (κ1) is 27.9. The van der Waals surface area contributed by atoms with Crippen molar-refractivity contribution >= 4 is 17.9 Å². The van der Waals surface area contributed by atoms with E-state index in [2.05, 4.69) is 36.0 Å². The van der Waals surface area contributed by atoms with Gasteiger partial charge >= 0.3 is 17.9 Å². The van der Waals surface area contributed by atoms with E-state index in [1.54, 1.807) is 0 Å². The van der Waals surface area contributed by atoms with Crippen molar-refractivity contribution in [3.8, 4) is 0 Å². The lowest BCUT2D eigenvalue weighted by molar-refractivity contribution is -0.174. The number of allylic oxidation sites excluding steroid dienone is 4. The van der Waals surface area contributed by atoms with Gasteiger partial charge in [-0.2, -0.15) is 0 Å². The Bertz CT molecular complexity index is 538. The number of hydrogen-bond acceptors (Lipinski definition) is 5. The molecule has 30 heavy (non-hydrogen) atoms. The standard InChI is InChI=1S/C24H40O6/c1-4-5-6-7-8-9-10-11-12-13-14-15-16-17-18-19-22(25)29-21(3)24(28)30-20(2)23(26)27/h8-9,11-12,20-21H,4-7,10,13-19H2,1-3H3,(H,26,27)/b9-8-,12-11-/t20-,21+/m1/s1. The maximum absolute atomic E-state index is 11.8. The second-order valence-electron chi connectivity index (χ2n) is 7.53. The summed E-state index contributed by atoms with van der Waals surface area (Å²) >= 11 is 0. The molecule has 0 aliphatic carbocycles. The third-order valence-corrected chi connectivity index (χ3v) is 4.61. The minimum Gasteiger partial charge on any atom is -0.479 e. The molecule has 0 aromatic rings. The van der Waals surface area contributed by atoms with E-state index in [-0.39, 0.29) is 6.42 Å². The van der Waals surface area contributed by atoms with Gasteiger partial charge in [0.05, 0.1) is 0 Å². The number of carboxylic acids is 1. The molecule has 0 aliphatic rings. The highest BCUT2D eigenvalue weighted by molar-refractivity contribution is 5.82. The summed E-state index contributed by atoms with van der Waals surface area (Å²) in [4.78, 5) is 34.0. The predicted octanol–water partition coefficient (Wildman–Crippen LogP) is 5.75. The fourth-order valence-electron chi connectivity index (χ4n) is 2.71. The summed E-state index contributed by atoms with van der Waals surface area (Å²) < 4.78 is 9.67. The van der Waals surface area contributed by atoms with E-state index in [1.807, 2.05) is 0 Å². The van der Waals surface area contributed by atoms with Crippen LogP contribution < -0.4 is 0 Å². The lowest BCUT2D eigenvalue weighted by Crippen LogP contribution is -2.32. The molecule has 172 valence electrons. The number of carboxylic acid groups (broad SMARTS) is 1. The second kappa shape index (κ2) is 18.9. The van der Waals surface area contributed by atoms with Crippen LogP contribution in [0.3, 0.4) is 0 Å². The van der Waals surface area contributed by atoms with E-state index in [9.17, 15) is 14.4 Å². The molecule has 0 fully saturated rings. The van der Waals surface area contributed by atoms with Gasteiger partial charge in [0, 0.05) is 6.42 Å². The smallest absolute Gasteiger partial charge is 0.347 e. The largest absolute Gasteiger partial charge is 0.479 e. The molecule has 0 unspecified atom stereocenters. The van der Waals surface area contributed by atoms with Gasteiger partial charge in [-0.3, -0.25) is 4.79 Å². The summed E-state index contributed by atoms with van der Waals surface area (Å²) in [5.41, 5.74) is 0. The van der Waals surface area contributed by atoms with Gasteiger partial charge in [0.2, 0.25) is 0 Å². The van der Waals surface area contributed by atoms with Gasteiger partial charge in [0.15, 0.2) is 12.2 Å². The van der Waals surface area contributed by atoms with E-state index in [0.29, 0.717) is 6.42 Å². The molecule has 0 saturated carbocycles. The average molecular weight is 425 g/mol. The van der Waals surface area contributed by atoms with Crippen molar-refractivity contribution in [3.63, 3.8) is 0 Å². The summed E-state index contributed by atoms with van der Waals surface area (Å²) in [5, 5.41) is 8.71. The fourth-order valence-corrected chi connectivity index (χ4v) is 2.71. The Morgan fingerprint density at radius 2 is 1.33 bits per heavy atom. The highest BCUT2D eigenvalue weighted by atomic mass is 16.6. The lowest BCUT2D eigenvalue weighted by atomic mass is 10.1. The minimum absolute atomic E-state index is 0.247. The Morgan fingerprint density at radius 1 is 0.767 bits per heavy atom. The molecule has 6 nitrogen and oxygen atoms in total. The van der Waals surface area contributed by atoms with Crippen LogP contribution in [0.1, 0.15) is 97.8 Å². The van der Waals surface area contributed by atoms with Crippen LogP contribution in [0.15, 0.2) is 24.3 Å². The first-order chi connectivity index (χ1) is 14.4. The van der Waals surface area contributed by atoms with Crippen LogP contribution in [-0.2, 0) is 23.9 Å². The van der Waals surface area contributed by atoms with E-state index < -0.39 is 30.1 Å². The number of aliphatic carboxylic acids is 1. The van der Waals surface area contributed by atoms with Crippen LogP contribution in [0.4, 0.5) is 0 Å². The van der Waals surface area contributed by atoms with Crippen molar-refractivity contribution in [2.75, 3.05) is 0 Å². The highest BCUT2D eigenvalue weighted by Crippen LogP contribution is 2.10. The molecule has 0 aromatic carbocycles. The Morgan fingerprint density at radius 3 is 1.93 bits per heavy atom. The number of hydrogen-bond donors (Lipinski definition) is 1. The van der Waals surface area contributed by atoms with E-state index >= 15 is 0 Å². The van der Waals surface area contributed by atoms with E-state index in [1.165, 1.54) is 39.5 Å². The van der Waals surface area contributed by atoms with Crippen molar-refractivity contribution in [1.82, 2.24) is 0 Å². The first-order valence-electron chi connectivity index (χ1n) is 11.3. The van der Waals surface area contributed by atoms with E-state index in [4.69, 9.17) is 9.84 Å². The zero-order chi connectivity index (χ0) is 22.6. The van der Waals surface area contributed by atoms with Gasteiger partial charge in [0.25, 0.3) is 0 Å². The van der Waals surface area contributed by atoms with Gasteiger partial charge in [0.1, 0.15) is 0 Å². The normalized spacial score (nSPS) is 13.4. The summed E-state index contributed by atoms with van der Waals surface area (Å²) in [5.74, 6) is -2.56. The third kappa shape index (κ3) is 16.8. The summed E-state index contributed by atoms with van der Waals surface area (Å²) in [6.07, 6.45) is 19.0. The molecule has 0 aliphatic heterocycles. The second-order valence-corrected chi connectivity index (χ2v) is 7.53. The fraction of sp³-hybridized carbons (Fsp3) is 0.708. The Hall–Kier alpha value is -2.11. The van der Waals surface area contributed by atoms with Crippen molar-refractivity contribution in [1.29, 1.82) is 0 Å². The number of rotatable bonds is 18. The molecule has 0 rings (SSSR count). The molecule has 6 heteroatoms. The maximum atomic E-state index is 11.8. The number of ether oxygens (including phenoxy) is 2. The minimum atomic E-state index is -1.26. The Balaban J connectivity index is 3.61. The molecule has 1 N–H and O–H groups in total. The summed E-state index contributed by atoms with van der Waals surface area (Å²) in [6, 6.07) is 0. The summed E-state index contributed by atoms with van der Waals surface area (Å²) in [7, 11) is 0. The Kier molecular flexibility index (Phi) is 17.6. The molecular weight excluding hydrogens is 384 g/mol. The quantitative estimate of drug-likeness (QED) is 0.171. The molecule has 0 heterocycles. The van der Waals surface area contributed by atoms with Crippen LogP contribution in [0, 0.1) is 0 Å². The number of carbonyl (C=O) groups is 3. The van der Waals surface area contributed by atoms with Crippen LogP contribution in [-0.4, -0.2) is 35.2 Å². The zero-order valence-corrected chi connectivity index (χ0v) is 18.9. The van der Waals surface area contributed by atoms with Crippen molar-refractivity contribution < 1.29 is 29.0 Å². The topological polar surface area (TPSA) is 89.9 Å². The molecule has 0 amide bonds. The number of unbranched alkanes of at least 4 members (excludes halogenated alkanes) is 8. The molecule has 0 radical (unpaired) electrons. The van der Waals surface area contributed by atoms with Gasteiger partial charge < -0.3 is 14.6 Å². The highest BCUT2D eigenvalue weighted by Gasteiger charge is 2.23. The maximum Gasteiger partial charge on any atom is 0.347 e. The predicted molar refractivity (Wildman–Crippen MR) is 118 cm³/mol. The van der Waals surface area contributed by atoms with Crippen molar-refractivity contribution in [3.05, 3.63) is 24.3 Å². The molecular formula is C24H40O6. The van der Waals surface area contributed by atoms with Gasteiger partial charge in [-0.15, -0.1) is 0 Å². The third-order valence-electron chi connectivity index (χ3n) is 4.61. The number of carbonyl (C=O) groups excluding carboxylic acids is 2. The van der Waals surface area contributed by atoms with Gasteiger partial charge in [-0.1, -0.05) is 63.3 Å². The van der Waals surface area contributed by atoms with Gasteiger partial charge in [-0.05, 0) is 52.4 Å². The monoisotopic (exact) mass is 424 g/mol. The van der Waals surface area contributed by atoms with Crippen LogP contribution in [0.25, 0.3) is 0 Å². The van der Waals surface area contributed by atoms with Crippen LogP contribution >= 0.6 is 0 Å². The molecule has 2 atom stereocenters. The van der Waals surface area contributed by atoms with Crippen molar-refractivity contribution in [2.45, 2.75) is 110 Å². The van der Waals surface area contributed by atoms with Crippen LogP contribution in [0.5, 0.6) is 0 Å². The molecule has 0 spiro atoms. The molecule has 0 aromatic heterocycles. The lowest BCUT2D eigenvalue weighted by Gasteiger charge is -2.14. The van der Waals surface area contributed by atoms with Crippen LogP contribution in [0.2, 0.25) is 0 Å². The molecule has 0 bridgehead atoms. The average Bonchev–Trinajstić information content (AvgIpc) is 2.70. The van der Waals surface area contributed by atoms with E-state index in [0.717, 1.165) is 38.5 Å². The van der Waals surface area contributed by atoms with Gasteiger partial charge in [-0.25, -0.2) is 9.59 Å². The SMILES string of the molecule is CCCCC/C=C\C/C=C\CCCCCCCC(=O)O[C@@H](C)C(=O)O[C@H](C)C(=O)O. The number of esters is 2. The Labute approximate surface area is 181 Å². The zero-order valence-electron chi connectivity index (χ0n) is 18.9.